The highest BCUT2D eigenvalue weighted by molar-refractivity contribution is 6.54. The van der Waals surface area contributed by atoms with Crippen LogP contribution in [0.2, 0.25) is 0 Å². The summed E-state index contributed by atoms with van der Waals surface area (Å²) < 4.78 is 25.9. The zero-order valence-corrected chi connectivity index (χ0v) is 15.4. The van der Waals surface area contributed by atoms with Crippen molar-refractivity contribution in [3.63, 3.8) is 0 Å². The van der Waals surface area contributed by atoms with E-state index >= 15 is 0 Å². The van der Waals surface area contributed by atoms with Crippen molar-refractivity contribution in [1.82, 2.24) is 4.98 Å². The van der Waals surface area contributed by atoms with Crippen LogP contribution in [-0.4, -0.2) is 23.3 Å². The van der Waals surface area contributed by atoms with E-state index < -0.39 is 24.0 Å². The SMILES string of the molecule is CC1(C)OB(C(F)=Cc2ccc(C#Cc3ccccc3)nc2)OC1(C)C. The van der Waals surface area contributed by atoms with Crippen LogP contribution >= 0.6 is 0 Å². The molecular formula is C21H21BFNO2. The molecule has 0 aliphatic carbocycles. The van der Waals surface area contributed by atoms with E-state index in [-0.39, 0.29) is 0 Å². The molecule has 0 radical (unpaired) electrons. The highest BCUT2D eigenvalue weighted by Gasteiger charge is 2.53. The molecule has 1 aromatic heterocycles. The number of hydrogen-bond acceptors (Lipinski definition) is 3. The Labute approximate surface area is 154 Å². The summed E-state index contributed by atoms with van der Waals surface area (Å²) in [4.78, 5) is 4.26. The minimum atomic E-state index is -1.00. The van der Waals surface area contributed by atoms with E-state index in [0.29, 0.717) is 11.3 Å². The van der Waals surface area contributed by atoms with E-state index in [1.165, 1.54) is 6.08 Å². The fraction of sp³-hybridized carbons (Fsp3) is 0.286. The van der Waals surface area contributed by atoms with Crippen molar-refractivity contribution in [2.45, 2.75) is 38.9 Å². The van der Waals surface area contributed by atoms with Crippen LogP contribution in [0.3, 0.4) is 0 Å². The summed E-state index contributed by atoms with van der Waals surface area (Å²) in [5, 5.41) is 0. The molecule has 0 N–H and O–H groups in total. The molecule has 3 rings (SSSR count). The smallest absolute Gasteiger partial charge is 0.398 e. The molecule has 3 nitrogen and oxygen atoms in total. The largest absolute Gasteiger partial charge is 0.525 e. The van der Waals surface area contributed by atoms with Gasteiger partial charge in [0.25, 0.3) is 0 Å². The van der Waals surface area contributed by atoms with E-state index in [0.717, 1.165) is 5.56 Å². The highest BCUT2D eigenvalue weighted by atomic mass is 19.1. The fourth-order valence-electron chi connectivity index (χ4n) is 2.41. The van der Waals surface area contributed by atoms with Gasteiger partial charge in [-0.3, -0.25) is 0 Å². The molecule has 1 aliphatic heterocycles. The van der Waals surface area contributed by atoms with Gasteiger partial charge in [0.2, 0.25) is 0 Å². The number of nitrogens with zero attached hydrogens (tertiary/aromatic N) is 1. The van der Waals surface area contributed by atoms with Crippen LogP contribution in [0.4, 0.5) is 4.39 Å². The maximum Gasteiger partial charge on any atom is 0.525 e. The Balaban J connectivity index is 1.71. The van der Waals surface area contributed by atoms with Gasteiger partial charge in [-0.1, -0.05) is 30.2 Å². The summed E-state index contributed by atoms with van der Waals surface area (Å²) in [6.07, 6.45) is 2.96. The number of pyridine rings is 1. The third-order valence-corrected chi connectivity index (χ3v) is 4.68. The van der Waals surface area contributed by atoms with E-state index in [4.69, 9.17) is 9.31 Å². The number of rotatable bonds is 2. The number of aromatic nitrogens is 1. The first kappa shape index (κ1) is 18.4. The van der Waals surface area contributed by atoms with Crippen molar-refractivity contribution < 1.29 is 13.7 Å². The lowest BCUT2D eigenvalue weighted by atomic mass is 9.87. The summed E-state index contributed by atoms with van der Waals surface area (Å²) in [6.45, 7) is 7.56. The summed E-state index contributed by atoms with van der Waals surface area (Å²) in [5.41, 5.74) is 0.554. The van der Waals surface area contributed by atoms with Crippen molar-refractivity contribution in [3.05, 3.63) is 71.2 Å². The van der Waals surface area contributed by atoms with Crippen LogP contribution in [0.1, 0.15) is 44.5 Å². The van der Waals surface area contributed by atoms with E-state index in [9.17, 15) is 4.39 Å². The van der Waals surface area contributed by atoms with Gasteiger partial charge in [0, 0.05) is 11.8 Å². The molecule has 0 saturated carbocycles. The quantitative estimate of drug-likeness (QED) is 0.594. The molecule has 2 heterocycles. The molecule has 0 unspecified atom stereocenters. The summed E-state index contributed by atoms with van der Waals surface area (Å²) in [7, 11) is -1.00. The minimum absolute atomic E-state index is 0.478. The average Bonchev–Trinajstić information content (AvgIpc) is 2.83. The lowest BCUT2D eigenvalue weighted by Gasteiger charge is -2.32. The van der Waals surface area contributed by atoms with Crippen molar-refractivity contribution >= 4 is 13.2 Å². The summed E-state index contributed by atoms with van der Waals surface area (Å²) in [6, 6.07) is 13.2. The minimum Gasteiger partial charge on any atom is -0.398 e. The zero-order valence-electron chi connectivity index (χ0n) is 15.4. The Kier molecular flexibility index (Phi) is 5.00. The van der Waals surface area contributed by atoms with Crippen LogP contribution in [0.15, 0.2) is 54.4 Å². The normalized spacial score (nSPS) is 18.3. The first-order valence-electron chi connectivity index (χ1n) is 8.53. The molecule has 1 fully saturated rings. The average molecular weight is 349 g/mol. The monoisotopic (exact) mass is 349 g/mol. The van der Waals surface area contributed by atoms with Crippen LogP contribution in [0.5, 0.6) is 0 Å². The van der Waals surface area contributed by atoms with Crippen molar-refractivity contribution in [3.8, 4) is 11.8 Å². The lowest BCUT2D eigenvalue weighted by molar-refractivity contribution is 0.00578. The predicted octanol–water partition coefficient (Wildman–Crippen LogP) is 4.42. The number of halogens is 1. The second kappa shape index (κ2) is 7.07. The van der Waals surface area contributed by atoms with E-state index in [2.05, 4.69) is 16.8 Å². The molecule has 132 valence electrons. The molecule has 0 spiro atoms. The molecule has 1 aromatic carbocycles. The van der Waals surface area contributed by atoms with Crippen molar-refractivity contribution in [2.75, 3.05) is 0 Å². The Morgan fingerprint density at radius 2 is 1.65 bits per heavy atom. The van der Waals surface area contributed by atoms with E-state index in [1.807, 2.05) is 58.0 Å². The zero-order chi connectivity index (χ0) is 18.8. The molecule has 2 aromatic rings. The maximum absolute atomic E-state index is 14.5. The van der Waals surface area contributed by atoms with Crippen LogP contribution < -0.4 is 0 Å². The fourth-order valence-corrected chi connectivity index (χ4v) is 2.41. The second-order valence-corrected chi connectivity index (χ2v) is 7.21. The van der Waals surface area contributed by atoms with Gasteiger partial charge in [0.15, 0.2) is 0 Å². The second-order valence-electron chi connectivity index (χ2n) is 7.21. The van der Waals surface area contributed by atoms with Gasteiger partial charge in [-0.25, -0.2) is 9.37 Å². The molecule has 0 amide bonds. The van der Waals surface area contributed by atoms with Crippen molar-refractivity contribution in [1.29, 1.82) is 0 Å². The van der Waals surface area contributed by atoms with Gasteiger partial charge < -0.3 is 9.31 Å². The number of benzene rings is 1. The summed E-state index contributed by atoms with van der Waals surface area (Å²) in [5.74, 6) is 6.04. The Bertz CT molecular complexity index is 848. The van der Waals surface area contributed by atoms with Gasteiger partial charge in [-0.05, 0) is 63.5 Å². The Morgan fingerprint density at radius 3 is 2.23 bits per heavy atom. The van der Waals surface area contributed by atoms with Crippen molar-refractivity contribution in [2.24, 2.45) is 0 Å². The van der Waals surface area contributed by atoms with Crippen LogP contribution in [0.25, 0.3) is 6.08 Å². The third-order valence-electron chi connectivity index (χ3n) is 4.68. The van der Waals surface area contributed by atoms with Gasteiger partial charge in [0.05, 0.1) is 11.2 Å². The molecule has 5 heteroatoms. The molecule has 0 atom stereocenters. The Morgan fingerprint density at radius 1 is 1.00 bits per heavy atom. The number of hydrogen-bond donors (Lipinski definition) is 0. The molecule has 26 heavy (non-hydrogen) atoms. The maximum atomic E-state index is 14.5. The molecule has 0 bridgehead atoms. The molecule has 1 aliphatic rings. The molecular weight excluding hydrogens is 328 g/mol. The molecule has 1 saturated heterocycles. The van der Waals surface area contributed by atoms with Crippen LogP contribution in [0, 0.1) is 11.8 Å². The first-order valence-corrected chi connectivity index (χ1v) is 8.53. The lowest BCUT2D eigenvalue weighted by Crippen LogP contribution is -2.41. The Hall–Kier alpha value is -2.42. The van der Waals surface area contributed by atoms with E-state index in [1.54, 1.807) is 18.3 Å². The van der Waals surface area contributed by atoms with Gasteiger partial charge >= 0.3 is 7.12 Å². The third kappa shape index (κ3) is 4.04. The van der Waals surface area contributed by atoms with Crippen LogP contribution in [-0.2, 0) is 9.31 Å². The summed E-state index contributed by atoms with van der Waals surface area (Å²) >= 11 is 0. The van der Waals surface area contributed by atoms with Gasteiger partial charge in [-0.2, -0.15) is 0 Å². The topological polar surface area (TPSA) is 31.4 Å². The highest BCUT2D eigenvalue weighted by Crippen LogP contribution is 2.39. The predicted molar refractivity (Wildman–Crippen MR) is 102 cm³/mol. The van der Waals surface area contributed by atoms with Gasteiger partial charge in [0.1, 0.15) is 11.4 Å². The first-order chi connectivity index (χ1) is 12.3. The van der Waals surface area contributed by atoms with Gasteiger partial charge in [-0.15, -0.1) is 0 Å². The standard InChI is InChI=1S/C21H21BFNO2/c1-20(2)21(3,4)26-22(25-20)19(23)14-17-11-13-18(24-15-17)12-10-16-8-6-5-7-9-16/h5-9,11,13-15H,1-4H3.